The summed E-state index contributed by atoms with van der Waals surface area (Å²) in [6.45, 7) is 4.08. The highest BCUT2D eigenvalue weighted by atomic mass is 16.2. The molecule has 0 aromatic heterocycles. The summed E-state index contributed by atoms with van der Waals surface area (Å²) in [5, 5.41) is 0. The van der Waals surface area contributed by atoms with Gasteiger partial charge in [0.15, 0.2) is 6.29 Å². The van der Waals surface area contributed by atoms with Crippen LogP contribution < -0.4 is 0 Å². The van der Waals surface area contributed by atoms with Crippen LogP contribution in [0.25, 0.3) is 0 Å². The lowest BCUT2D eigenvalue weighted by atomic mass is 9.77. The highest BCUT2D eigenvalue weighted by molar-refractivity contribution is 6.28. The first kappa shape index (κ1) is 10.1. The van der Waals surface area contributed by atoms with Crippen molar-refractivity contribution in [2.24, 2.45) is 5.41 Å². The first-order chi connectivity index (χ1) is 7.06. The average Bonchev–Trinajstić information content (AvgIpc) is 2.46. The monoisotopic (exact) mass is 202 g/mol. The largest absolute Gasteiger partial charge is 0.295 e. The summed E-state index contributed by atoms with van der Waals surface area (Å²) in [5.41, 5.74) is 2.09. The molecule has 0 heterocycles. The molecule has 0 saturated heterocycles. The summed E-state index contributed by atoms with van der Waals surface area (Å²) in [7, 11) is 0. The molecule has 2 rings (SSSR count). The van der Waals surface area contributed by atoms with Crippen LogP contribution in [-0.2, 0) is 16.0 Å². The van der Waals surface area contributed by atoms with Crippen molar-refractivity contribution >= 4 is 12.1 Å². The van der Waals surface area contributed by atoms with Gasteiger partial charge >= 0.3 is 0 Å². The molecule has 78 valence electrons. The van der Waals surface area contributed by atoms with E-state index >= 15 is 0 Å². The van der Waals surface area contributed by atoms with Crippen molar-refractivity contribution in [1.82, 2.24) is 0 Å². The lowest BCUT2D eigenvalue weighted by Gasteiger charge is -2.24. The Hall–Kier alpha value is -1.44. The third-order valence-electron chi connectivity index (χ3n) is 3.19. The quantitative estimate of drug-likeness (QED) is 0.543. The number of benzene rings is 1. The lowest BCUT2D eigenvalue weighted by molar-refractivity contribution is -0.132. The normalized spacial score (nSPS) is 22.1. The molecule has 1 unspecified atom stereocenters. The molecule has 0 bridgehead atoms. The van der Waals surface area contributed by atoms with Crippen molar-refractivity contribution in [2.45, 2.75) is 26.2 Å². The molecule has 0 amide bonds. The second-order valence-electron chi connectivity index (χ2n) is 4.82. The van der Waals surface area contributed by atoms with Crippen molar-refractivity contribution in [2.75, 3.05) is 0 Å². The molecule has 2 heteroatoms. The molecule has 0 spiro atoms. The molecule has 1 aromatic rings. The smallest absolute Gasteiger partial charge is 0.203 e. The number of hydrogen-bond acceptors (Lipinski definition) is 2. The van der Waals surface area contributed by atoms with E-state index in [1.807, 2.05) is 38.1 Å². The van der Waals surface area contributed by atoms with Gasteiger partial charge < -0.3 is 0 Å². The molecule has 0 fully saturated rings. The van der Waals surface area contributed by atoms with Crippen LogP contribution in [0, 0.1) is 5.41 Å². The molecule has 0 aliphatic heterocycles. The molecule has 1 atom stereocenters. The number of fused-ring (bicyclic) bond motifs is 1. The van der Waals surface area contributed by atoms with E-state index in [1.54, 1.807) is 0 Å². The van der Waals surface area contributed by atoms with Crippen LogP contribution in [0.15, 0.2) is 24.3 Å². The van der Waals surface area contributed by atoms with Gasteiger partial charge in [-0.05, 0) is 23.0 Å². The molecule has 1 aliphatic carbocycles. The Morgan fingerprint density at radius 3 is 2.73 bits per heavy atom. The second kappa shape index (κ2) is 3.30. The van der Waals surface area contributed by atoms with Crippen LogP contribution in [0.2, 0.25) is 0 Å². The Morgan fingerprint density at radius 2 is 2.07 bits per heavy atom. The number of rotatable bonds is 2. The Balaban J connectivity index is 2.52. The summed E-state index contributed by atoms with van der Waals surface area (Å²) >= 11 is 0. The first-order valence-electron chi connectivity index (χ1n) is 5.13. The number of Topliss-reactive ketones (excluding diaryl/α,β-unsaturated/α-hetero) is 1. The minimum atomic E-state index is -0.301. The summed E-state index contributed by atoms with van der Waals surface area (Å²) in [5.74, 6) is -0.559. The molecule has 0 saturated carbocycles. The van der Waals surface area contributed by atoms with Crippen molar-refractivity contribution in [3.63, 3.8) is 0 Å². The van der Waals surface area contributed by atoms with Gasteiger partial charge in [-0.25, -0.2) is 0 Å². The SMILES string of the molecule is CC1(C)Cc2ccccc2C1C(=O)C=O. The van der Waals surface area contributed by atoms with E-state index in [1.165, 1.54) is 5.56 Å². The fourth-order valence-corrected chi connectivity index (χ4v) is 2.60. The van der Waals surface area contributed by atoms with Gasteiger partial charge in [-0.3, -0.25) is 9.59 Å². The number of hydrogen-bond donors (Lipinski definition) is 0. The van der Waals surface area contributed by atoms with Crippen molar-refractivity contribution in [3.8, 4) is 0 Å². The van der Waals surface area contributed by atoms with E-state index in [0.29, 0.717) is 6.29 Å². The van der Waals surface area contributed by atoms with Crippen LogP contribution in [-0.4, -0.2) is 12.1 Å². The van der Waals surface area contributed by atoms with E-state index in [-0.39, 0.29) is 17.1 Å². The zero-order valence-electron chi connectivity index (χ0n) is 8.99. The Morgan fingerprint density at radius 1 is 1.40 bits per heavy atom. The Kier molecular flexibility index (Phi) is 2.22. The first-order valence-corrected chi connectivity index (χ1v) is 5.13. The fourth-order valence-electron chi connectivity index (χ4n) is 2.60. The maximum absolute atomic E-state index is 11.6. The van der Waals surface area contributed by atoms with Gasteiger partial charge in [-0.15, -0.1) is 0 Å². The standard InChI is InChI=1S/C13H14O2/c1-13(2)7-9-5-3-4-6-10(9)12(13)11(15)8-14/h3-6,8,12H,7H2,1-2H3. The molecule has 1 aromatic carbocycles. The van der Waals surface area contributed by atoms with Gasteiger partial charge in [-0.2, -0.15) is 0 Å². The van der Waals surface area contributed by atoms with E-state index < -0.39 is 0 Å². The van der Waals surface area contributed by atoms with E-state index in [2.05, 4.69) is 0 Å². The minimum absolute atomic E-state index is 0.137. The Bertz CT molecular complexity index is 418. The number of aldehydes is 1. The molecule has 0 N–H and O–H groups in total. The van der Waals surface area contributed by atoms with Gasteiger partial charge in [0.05, 0.1) is 5.92 Å². The fraction of sp³-hybridized carbons (Fsp3) is 0.385. The predicted octanol–water partition coefficient (Wildman–Crippen LogP) is 2.12. The zero-order valence-corrected chi connectivity index (χ0v) is 8.99. The van der Waals surface area contributed by atoms with Crippen LogP contribution in [0.4, 0.5) is 0 Å². The summed E-state index contributed by atoms with van der Waals surface area (Å²) in [4.78, 5) is 22.3. The number of carbonyl (C=O) groups is 2. The molecular weight excluding hydrogens is 188 g/mol. The zero-order chi connectivity index (χ0) is 11.1. The van der Waals surface area contributed by atoms with Crippen LogP contribution in [0.5, 0.6) is 0 Å². The second-order valence-corrected chi connectivity index (χ2v) is 4.82. The van der Waals surface area contributed by atoms with E-state index in [9.17, 15) is 9.59 Å². The highest BCUT2D eigenvalue weighted by Gasteiger charge is 2.42. The number of carbonyl (C=O) groups excluding carboxylic acids is 2. The van der Waals surface area contributed by atoms with Gasteiger partial charge in [0.25, 0.3) is 0 Å². The van der Waals surface area contributed by atoms with Gasteiger partial charge in [-0.1, -0.05) is 38.1 Å². The van der Waals surface area contributed by atoms with Crippen molar-refractivity contribution in [1.29, 1.82) is 0 Å². The van der Waals surface area contributed by atoms with Crippen LogP contribution in [0.3, 0.4) is 0 Å². The summed E-state index contributed by atoms with van der Waals surface area (Å²) in [6.07, 6.45) is 1.32. The lowest BCUT2D eigenvalue weighted by Crippen LogP contribution is -2.25. The maximum Gasteiger partial charge on any atom is 0.203 e. The van der Waals surface area contributed by atoms with Crippen molar-refractivity contribution < 1.29 is 9.59 Å². The third-order valence-corrected chi connectivity index (χ3v) is 3.19. The molecule has 2 nitrogen and oxygen atoms in total. The third kappa shape index (κ3) is 1.50. The average molecular weight is 202 g/mol. The molecule has 15 heavy (non-hydrogen) atoms. The van der Waals surface area contributed by atoms with E-state index in [0.717, 1.165) is 12.0 Å². The molecular formula is C13H14O2. The summed E-state index contributed by atoms with van der Waals surface area (Å²) < 4.78 is 0. The summed E-state index contributed by atoms with van der Waals surface area (Å²) in [6, 6.07) is 7.89. The molecule has 1 aliphatic rings. The van der Waals surface area contributed by atoms with Crippen molar-refractivity contribution in [3.05, 3.63) is 35.4 Å². The van der Waals surface area contributed by atoms with Crippen LogP contribution >= 0.6 is 0 Å². The van der Waals surface area contributed by atoms with Gasteiger partial charge in [0, 0.05) is 0 Å². The molecule has 0 radical (unpaired) electrons. The number of ketones is 1. The van der Waals surface area contributed by atoms with Gasteiger partial charge in [0.1, 0.15) is 0 Å². The van der Waals surface area contributed by atoms with E-state index in [4.69, 9.17) is 0 Å². The van der Waals surface area contributed by atoms with Gasteiger partial charge in [0.2, 0.25) is 5.78 Å². The maximum atomic E-state index is 11.6. The highest BCUT2D eigenvalue weighted by Crippen LogP contribution is 2.46. The minimum Gasteiger partial charge on any atom is -0.295 e. The van der Waals surface area contributed by atoms with Crippen LogP contribution in [0.1, 0.15) is 30.9 Å². The Labute approximate surface area is 89.3 Å². The predicted molar refractivity (Wildman–Crippen MR) is 57.7 cm³/mol. The topological polar surface area (TPSA) is 34.1 Å².